The van der Waals surface area contributed by atoms with Crippen LogP contribution in [0, 0.1) is 11.8 Å². The van der Waals surface area contributed by atoms with Crippen LogP contribution in [0.15, 0.2) is 24.3 Å². The van der Waals surface area contributed by atoms with Gasteiger partial charge in [-0.3, -0.25) is 4.79 Å². The minimum Gasteiger partial charge on any atom is -0.495 e. The van der Waals surface area contributed by atoms with Gasteiger partial charge in [0.1, 0.15) is 5.75 Å². The van der Waals surface area contributed by atoms with Crippen molar-refractivity contribution in [3.63, 3.8) is 0 Å². The first-order valence-corrected chi connectivity index (χ1v) is 7.70. The molecule has 1 fully saturated rings. The summed E-state index contributed by atoms with van der Waals surface area (Å²) in [5.74, 6) is 1.53. The highest BCUT2D eigenvalue weighted by Gasteiger charge is 2.28. The Labute approximate surface area is 121 Å². The molecule has 1 aliphatic carbocycles. The first-order chi connectivity index (χ1) is 9.76. The zero-order valence-electron chi connectivity index (χ0n) is 12.5. The maximum absolute atomic E-state index is 12.5. The van der Waals surface area contributed by atoms with Crippen molar-refractivity contribution in [1.82, 2.24) is 0 Å². The van der Waals surface area contributed by atoms with E-state index in [-0.39, 0.29) is 11.8 Å². The van der Waals surface area contributed by atoms with Gasteiger partial charge in [-0.25, -0.2) is 0 Å². The summed E-state index contributed by atoms with van der Waals surface area (Å²) < 4.78 is 5.29. The van der Waals surface area contributed by atoms with E-state index in [1.165, 1.54) is 32.1 Å². The SMILES string of the molecule is CCC(C(=O)Nc1ccccc1OC)C1CCCCC1. The fourth-order valence-electron chi connectivity index (χ4n) is 3.24. The number of carbonyl (C=O) groups excluding carboxylic acids is 1. The van der Waals surface area contributed by atoms with E-state index in [0.29, 0.717) is 5.92 Å². The molecule has 0 aliphatic heterocycles. The van der Waals surface area contributed by atoms with Crippen LogP contribution in [0.4, 0.5) is 5.69 Å². The van der Waals surface area contributed by atoms with Gasteiger partial charge < -0.3 is 10.1 Å². The predicted octanol–water partition coefficient (Wildman–Crippen LogP) is 4.24. The molecular weight excluding hydrogens is 250 g/mol. The van der Waals surface area contributed by atoms with Crippen molar-refractivity contribution < 1.29 is 9.53 Å². The van der Waals surface area contributed by atoms with Crippen molar-refractivity contribution >= 4 is 11.6 Å². The van der Waals surface area contributed by atoms with E-state index in [4.69, 9.17) is 4.74 Å². The molecule has 0 radical (unpaired) electrons. The van der Waals surface area contributed by atoms with Gasteiger partial charge in [0.25, 0.3) is 0 Å². The number of amides is 1. The Kier molecular flexibility index (Phi) is 5.45. The average Bonchev–Trinajstić information content (AvgIpc) is 2.49. The molecule has 1 N–H and O–H groups in total. The van der Waals surface area contributed by atoms with E-state index in [2.05, 4.69) is 12.2 Å². The molecule has 110 valence electrons. The fraction of sp³-hybridized carbons (Fsp3) is 0.588. The Morgan fingerprint density at radius 2 is 2.00 bits per heavy atom. The van der Waals surface area contributed by atoms with Gasteiger partial charge >= 0.3 is 0 Å². The highest BCUT2D eigenvalue weighted by Crippen LogP contribution is 2.33. The Hall–Kier alpha value is -1.51. The number of hydrogen-bond donors (Lipinski definition) is 1. The molecule has 0 saturated heterocycles. The monoisotopic (exact) mass is 275 g/mol. The van der Waals surface area contributed by atoms with Crippen molar-refractivity contribution in [2.24, 2.45) is 11.8 Å². The lowest BCUT2D eigenvalue weighted by molar-refractivity contribution is -0.122. The van der Waals surface area contributed by atoms with Crippen molar-refractivity contribution in [1.29, 1.82) is 0 Å². The van der Waals surface area contributed by atoms with Gasteiger partial charge in [-0.2, -0.15) is 0 Å². The number of carbonyl (C=O) groups is 1. The molecule has 1 aliphatic rings. The van der Waals surface area contributed by atoms with Crippen LogP contribution in [0.25, 0.3) is 0 Å². The van der Waals surface area contributed by atoms with Crippen LogP contribution >= 0.6 is 0 Å². The second kappa shape index (κ2) is 7.32. The largest absolute Gasteiger partial charge is 0.495 e. The molecule has 0 heterocycles. The molecular formula is C17H25NO2. The Bertz CT molecular complexity index is 438. The second-order valence-corrected chi connectivity index (χ2v) is 5.60. The lowest BCUT2D eigenvalue weighted by Crippen LogP contribution is -2.30. The molecule has 2 rings (SSSR count). The van der Waals surface area contributed by atoms with Crippen molar-refractivity contribution in [2.45, 2.75) is 45.4 Å². The number of ether oxygens (including phenoxy) is 1. The molecule has 0 bridgehead atoms. The topological polar surface area (TPSA) is 38.3 Å². The minimum atomic E-state index is 0.125. The molecule has 1 unspecified atom stereocenters. The number of nitrogens with one attached hydrogen (secondary N) is 1. The van der Waals surface area contributed by atoms with Gasteiger partial charge in [0, 0.05) is 5.92 Å². The van der Waals surface area contributed by atoms with E-state index in [9.17, 15) is 4.79 Å². The van der Waals surface area contributed by atoms with Crippen molar-refractivity contribution in [2.75, 3.05) is 12.4 Å². The number of para-hydroxylation sites is 2. The summed E-state index contributed by atoms with van der Waals surface area (Å²) in [6.07, 6.45) is 7.15. The highest BCUT2D eigenvalue weighted by molar-refractivity contribution is 5.94. The van der Waals surface area contributed by atoms with Crippen LogP contribution in [-0.4, -0.2) is 13.0 Å². The van der Waals surface area contributed by atoms with Gasteiger partial charge in [-0.15, -0.1) is 0 Å². The first kappa shape index (κ1) is 14.9. The fourth-order valence-corrected chi connectivity index (χ4v) is 3.24. The van der Waals surface area contributed by atoms with E-state index >= 15 is 0 Å². The third kappa shape index (κ3) is 3.53. The average molecular weight is 275 g/mol. The van der Waals surface area contributed by atoms with Crippen LogP contribution in [0.1, 0.15) is 45.4 Å². The smallest absolute Gasteiger partial charge is 0.227 e. The number of hydrogen-bond acceptors (Lipinski definition) is 2. The van der Waals surface area contributed by atoms with Crippen molar-refractivity contribution in [3.8, 4) is 5.75 Å². The van der Waals surface area contributed by atoms with Crippen LogP contribution in [0.5, 0.6) is 5.75 Å². The molecule has 1 amide bonds. The summed E-state index contributed by atoms with van der Waals surface area (Å²) >= 11 is 0. The van der Waals surface area contributed by atoms with E-state index in [1.54, 1.807) is 7.11 Å². The number of rotatable bonds is 5. The molecule has 3 heteroatoms. The summed E-state index contributed by atoms with van der Waals surface area (Å²) in [4.78, 5) is 12.5. The maximum Gasteiger partial charge on any atom is 0.227 e. The molecule has 1 saturated carbocycles. The molecule has 0 aromatic heterocycles. The Balaban J connectivity index is 2.05. The lowest BCUT2D eigenvalue weighted by Gasteiger charge is -2.28. The first-order valence-electron chi connectivity index (χ1n) is 7.70. The van der Waals surface area contributed by atoms with E-state index in [1.807, 2.05) is 24.3 Å². The molecule has 1 atom stereocenters. The van der Waals surface area contributed by atoms with Crippen molar-refractivity contribution in [3.05, 3.63) is 24.3 Å². The summed E-state index contributed by atoms with van der Waals surface area (Å²) in [6, 6.07) is 7.59. The normalized spacial score (nSPS) is 17.5. The number of anilines is 1. The highest BCUT2D eigenvalue weighted by atomic mass is 16.5. The third-order valence-corrected chi connectivity index (χ3v) is 4.36. The zero-order valence-corrected chi connectivity index (χ0v) is 12.5. The second-order valence-electron chi connectivity index (χ2n) is 5.60. The number of benzene rings is 1. The van der Waals surface area contributed by atoms with E-state index in [0.717, 1.165) is 17.9 Å². The van der Waals surface area contributed by atoms with Gasteiger partial charge in [-0.05, 0) is 37.3 Å². The molecule has 1 aromatic carbocycles. The number of methoxy groups -OCH3 is 1. The lowest BCUT2D eigenvalue weighted by atomic mass is 9.78. The van der Waals surface area contributed by atoms with E-state index < -0.39 is 0 Å². The van der Waals surface area contributed by atoms with Gasteiger partial charge in [0.2, 0.25) is 5.91 Å². The standard InChI is InChI=1S/C17H25NO2/c1-3-14(13-9-5-4-6-10-13)17(19)18-15-11-7-8-12-16(15)20-2/h7-8,11-14H,3-6,9-10H2,1-2H3,(H,18,19). The maximum atomic E-state index is 12.5. The predicted molar refractivity (Wildman–Crippen MR) is 82.0 cm³/mol. The minimum absolute atomic E-state index is 0.125. The Morgan fingerprint density at radius 3 is 2.65 bits per heavy atom. The van der Waals surface area contributed by atoms with Gasteiger partial charge in [0.15, 0.2) is 0 Å². The Morgan fingerprint density at radius 1 is 1.30 bits per heavy atom. The summed E-state index contributed by atoms with van der Waals surface area (Å²) in [6.45, 7) is 2.11. The summed E-state index contributed by atoms with van der Waals surface area (Å²) in [5.41, 5.74) is 0.772. The van der Waals surface area contributed by atoms with Crippen LogP contribution < -0.4 is 10.1 Å². The molecule has 3 nitrogen and oxygen atoms in total. The summed E-state index contributed by atoms with van der Waals surface area (Å²) in [5, 5.41) is 3.05. The van der Waals surface area contributed by atoms with Gasteiger partial charge in [0.05, 0.1) is 12.8 Å². The van der Waals surface area contributed by atoms with Crippen LogP contribution in [-0.2, 0) is 4.79 Å². The molecule has 0 spiro atoms. The van der Waals surface area contributed by atoms with Crippen LogP contribution in [0.3, 0.4) is 0 Å². The van der Waals surface area contributed by atoms with Gasteiger partial charge in [-0.1, -0.05) is 38.3 Å². The molecule has 1 aromatic rings. The molecule has 20 heavy (non-hydrogen) atoms. The quantitative estimate of drug-likeness (QED) is 0.872. The zero-order chi connectivity index (χ0) is 14.4. The van der Waals surface area contributed by atoms with Crippen LogP contribution in [0.2, 0.25) is 0 Å². The summed E-state index contributed by atoms with van der Waals surface area (Å²) in [7, 11) is 1.63. The third-order valence-electron chi connectivity index (χ3n) is 4.36.